The van der Waals surface area contributed by atoms with E-state index in [1.54, 1.807) is 18.2 Å². The summed E-state index contributed by atoms with van der Waals surface area (Å²) in [7, 11) is 0. The zero-order valence-electron chi connectivity index (χ0n) is 15.1. The SMILES string of the molecule is O=C([O-])c1ccccc1Nc1nc(Nc2ccccc2)nc(N2CCCC2)n1. The van der Waals surface area contributed by atoms with E-state index >= 15 is 0 Å². The lowest BCUT2D eigenvalue weighted by molar-refractivity contribution is -0.254. The van der Waals surface area contributed by atoms with Crippen molar-refractivity contribution in [2.24, 2.45) is 0 Å². The highest BCUT2D eigenvalue weighted by atomic mass is 16.4. The molecule has 1 aromatic heterocycles. The largest absolute Gasteiger partial charge is 0.545 e. The fourth-order valence-electron chi connectivity index (χ4n) is 3.08. The summed E-state index contributed by atoms with van der Waals surface area (Å²) in [5.41, 5.74) is 1.26. The Morgan fingerprint density at radius 2 is 1.50 bits per heavy atom. The zero-order chi connectivity index (χ0) is 19.3. The molecule has 0 aliphatic carbocycles. The summed E-state index contributed by atoms with van der Waals surface area (Å²) in [6.07, 6.45) is 2.17. The van der Waals surface area contributed by atoms with Gasteiger partial charge in [-0.05, 0) is 31.0 Å². The number of anilines is 5. The van der Waals surface area contributed by atoms with E-state index in [1.165, 1.54) is 6.07 Å². The molecule has 3 aromatic rings. The third kappa shape index (κ3) is 4.01. The van der Waals surface area contributed by atoms with Crippen LogP contribution in [-0.4, -0.2) is 34.0 Å². The lowest BCUT2D eigenvalue weighted by Crippen LogP contribution is -2.24. The molecule has 1 aliphatic heterocycles. The van der Waals surface area contributed by atoms with Crippen LogP contribution in [0.3, 0.4) is 0 Å². The minimum atomic E-state index is -1.26. The topological polar surface area (TPSA) is 106 Å². The van der Waals surface area contributed by atoms with Crippen LogP contribution in [0, 0.1) is 0 Å². The molecule has 0 radical (unpaired) electrons. The van der Waals surface area contributed by atoms with Gasteiger partial charge in [0.2, 0.25) is 17.8 Å². The molecule has 4 rings (SSSR count). The van der Waals surface area contributed by atoms with Crippen LogP contribution in [-0.2, 0) is 0 Å². The fraction of sp³-hybridized carbons (Fsp3) is 0.200. The van der Waals surface area contributed by atoms with Crippen LogP contribution >= 0.6 is 0 Å². The van der Waals surface area contributed by atoms with Gasteiger partial charge in [-0.2, -0.15) is 15.0 Å². The number of hydrogen-bond donors (Lipinski definition) is 2. The number of carboxylic acids is 1. The van der Waals surface area contributed by atoms with Crippen molar-refractivity contribution < 1.29 is 9.90 Å². The van der Waals surface area contributed by atoms with Crippen LogP contribution in [0.15, 0.2) is 54.6 Å². The first-order chi connectivity index (χ1) is 13.7. The van der Waals surface area contributed by atoms with Gasteiger partial charge in [0.25, 0.3) is 0 Å². The van der Waals surface area contributed by atoms with Gasteiger partial charge in [-0.25, -0.2) is 0 Å². The van der Waals surface area contributed by atoms with Crippen molar-refractivity contribution >= 4 is 35.2 Å². The molecule has 1 fully saturated rings. The number of carbonyl (C=O) groups excluding carboxylic acids is 1. The van der Waals surface area contributed by atoms with Gasteiger partial charge in [0.1, 0.15) is 0 Å². The van der Waals surface area contributed by atoms with E-state index < -0.39 is 5.97 Å². The molecular formula is C20H19N6O2-. The van der Waals surface area contributed by atoms with Crippen molar-refractivity contribution in [1.82, 2.24) is 15.0 Å². The molecule has 0 bridgehead atoms. The molecule has 1 saturated heterocycles. The van der Waals surface area contributed by atoms with Crippen molar-refractivity contribution in [3.63, 3.8) is 0 Å². The molecule has 0 saturated carbocycles. The van der Waals surface area contributed by atoms with Gasteiger partial charge >= 0.3 is 0 Å². The van der Waals surface area contributed by atoms with Crippen LogP contribution in [0.1, 0.15) is 23.2 Å². The number of benzene rings is 2. The minimum Gasteiger partial charge on any atom is -0.545 e. The van der Waals surface area contributed by atoms with Crippen molar-refractivity contribution in [2.45, 2.75) is 12.8 Å². The Labute approximate surface area is 162 Å². The highest BCUT2D eigenvalue weighted by Crippen LogP contribution is 2.24. The number of rotatable bonds is 6. The molecule has 8 nitrogen and oxygen atoms in total. The third-order valence-electron chi connectivity index (χ3n) is 4.44. The summed E-state index contributed by atoms with van der Waals surface area (Å²) in [6.45, 7) is 1.76. The van der Waals surface area contributed by atoms with Crippen LogP contribution in [0.4, 0.5) is 29.2 Å². The Balaban J connectivity index is 1.68. The first-order valence-electron chi connectivity index (χ1n) is 9.09. The second kappa shape index (κ2) is 7.91. The lowest BCUT2D eigenvalue weighted by atomic mass is 10.2. The van der Waals surface area contributed by atoms with Crippen LogP contribution in [0.5, 0.6) is 0 Å². The first-order valence-corrected chi connectivity index (χ1v) is 9.09. The minimum absolute atomic E-state index is 0.0446. The van der Waals surface area contributed by atoms with Crippen molar-refractivity contribution in [3.8, 4) is 0 Å². The van der Waals surface area contributed by atoms with Crippen LogP contribution in [0.2, 0.25) is 0 Å². The zero-order valence-corrected chi connectivity index (χ0v) is 15.1. The number of aromatic carboxylic acids is 1. The highest BCUT2D eigenvalue weighted by molar-refractivity contribution is 5.93. The molecule has 0 spiro atoms. The van der Waals surface area contributed by atoms with Crippen molar-refractivity contribution in [3.05, 3.63) is 60.2 Å². The van der Waals surface area contributed by atoms with Gasteiger partial charge in [-0.1, -0.05) is 36.4 Å². The second-order valence-electron chi connectivity index (χ2n) is 6.43. The number of carboxylic acid groups (broad SMARTS) is 1. The molecule has 2 aromatic carbocycles. The van der Waals surface area contributed by atoms with E-state index in [2.05, 4.69) is 30.5 Å². The molecule has 0 atom stereocenters. The van der Waals surface area contributed by atoms with Crippen LogP contribution < -0.4 is 20.6 Å². The number of aromatic nitrogens is 3. The highest BCUT2D eigenvalue weighted by Gasteiger charge is 2.18. The van der Waals surface area contributed by atoms with E-state index in [4.69, 9.17) is 0 Å². The van der Waals surface area contributed by atoms with Gasteiger partial charge in [-0.15, -0.1) is 0 Å². The summed E-state index contributed by atoms with van der Waals surface area (Å²) in [4.78, 5) is 26.9. The normalized spacial score (nSPS) is 13.4. The molecule has 0 unspecified atom stereocenters. The average molecular weight is 375 g/mol. The Morgan fingerprint density at radius 1 is 0.857 bits per heavy atom. The van der Waals surface area contributed by atoms with Gasteiger partial charge in [0, 0.05) is 30.0 Å². The van der Waals surface area contributed by atoms with E-state index in [-0.39, 0.29) is 11.5 Å². The maximum atomic E-state index is 11.4. The summed E-state index contributed by atoms with van der Waals surface area (Å²) in [5, 5.41) is 17.5. The fourth-order valence-corrected chi connectivity index (χ4v) is 3.08. The maximum absolute atomic E-state index is 11.4. The van der Waals surface area contributed by atoms with Gasteiger partial charge in [-0.3, -0.25) is 0 Å². The quantitative estimate of drug-likeness (QED) is 0.676. The number of nitrogens with zero attached hydrogens (tertiary/aromatic N) is 4. The Bertz CT molecular complexity index is 973. The second-order valence-corrected chi connectivity index (χ2v) is 6.43. The predicted molar refractivity (Wildman–Crippen MR) is 105 cm³/mol. The summed E-state index contributed by atoms with van der Waals surface area (Å²) < 4.78 is 0. The standard InChI is InChI=1S/C20H20N6O2/c27-17(28)15-10-4-5-11-16(15)22-19-23-18(21-14-8-2-1-3-9-14)24-20(25-19)26-12-6-7-13-26/h1-5,8-11H,6-7,12-13H2,(H,27,28)(H2,21,22,23,24,25)/p-1. The Morgan fingerprint density at radius 3 is 2.21 bits per heavy atom. The summed E-state index contributed by atoms with van der Waals surface area (Å²) >= 11 is 0. The van der Waals surface area contributed by atoms with E-state index in [0.717, 1.165) is 31.6 Å². The van der Waals surface area contributed by atoms with E-state index in [1.807, 2.05) is 30.3 Å². The molecule has 28 heavy (non-hydrogen) atoms. The molecular weight excluding hydrogens is 356 g/mol. The van der Waals surface area contributed by atoms with Gasteiger partial charge in [0.05, 0.1) is 5.97 Å². The molecule has 2 heterocycles. The molecule has 0 amide bonds. The summed E-state index contributed by atoms with van der Waals surface area (Å²) in [5.74, 6) is -0.0560. The predicted octanol–water partition coefficient (Wildman–Crippen LogP) is 2.32. The number of para-hydroxylation sites is 2. The Hall–Kier alpha value is -3.68. The molecule has 2 N–H and O–H groups in total. The lowest BCUT2D eigenvalue weighted by Gasteiger charge is -2.18. The monoisotopic (exact) mass is 375 g/mol. The maximum Gasteiger partial charge on any atom is 0.233 e. The first kappa shape index (κ1) is 17.7. The molecule has 8 heteroatoms. The van der Waals surface area contributed by atoms with Crippen LogP contribution in [0.25, 0.3) is 0 Å². The Kier molecular flexibility index (Phi) is 5.01. The smallest absolute Gasteiger partial charge is 0.233 e. The third-order valence-corrected chi connectivity index (χ3v) is 4.44. The van der Waals surface area contributed by atoms with E-state index in [0.29, 0.717) is 17.6 Å². The number of hydrogen-bond acceptors (Lipinski definition) is 8. The van der Waals surface area contributed by atoms with Gasteiger partial charge < -0.3 is 25.4 Å². The molecule has 142 valence electrons. The van der Waals surface area contributed by atoms with Gasteiger partial charge in [0.15, 0.2) is 0 Å². The number of carbonyl (C=O) groups is 1. The number of nitrogens with one attached hydrogen (secondary N) is 2. The van der Waals surface area contributed by atoms with Crippen molar-refractivity contribution in [2.75, 3.05) is 28.6 Å². The van der Waals surface area contributed by atoms with E-state index in [9.17, 15) is 9.90 Å². The molecule has 1 aliphatic rings. The average Bonchev–Trinajstić information content (AvgIpc) is 3.24. The van der Waals surface area contributed by atoms with Crippen molar-refractivity contribution in [1.29, 1.82) is 0 Å². The summed E-state index contributed by atoms with van der Waals surface area (Å²) in [6, 6.07) is 16.1.